The molecule has 1 saturated heterocycles. The predicted molar refractivity (Wildman–Crippen MR) is 85.2 cm³/mol. The third kappa shape index (κ3) is 3.72. The molecule has 1 atom stereocenters. The zero-order chi connectivity index (χ0) is 14.6. The van der Waals surface area contributed by atoms with Crippen molar-refractivity contribution in [2.75, 3.05) is 30.0 Å². The van der Waals surface area contributed by atoms with Crippen molar-refractivity contribution in [2.24, 2.45) is 0 Å². The molecule has 20 heavy (non-hydrogen) atoms. The second-order valence-corrected chi connectivity index (χ2v) is 7.16. The van der Waals surface area contributed by atoms with Crippen LogP contribution in [0, 0.1) is 5.82 Å². The Morgan fingerprint density at radius 2 is 2.30 bits per heavy atom. The summed E-state index contributed by atoms with van der Waals surface area (Å²) < 4.78 is 19.4. The summed E-state index contributed by atoms with van der Waals surface area (Å²) >= 11 is 1.98. The van der Waals surface area contributed by atoms with E-state index >= 15 is 0 Å². The Morgan fingerprint density at radius 1 is 1.50 bits per heavy atom. The number of halogens is 1. The Labute approximate surface area is 124 Å². The first kappa shape index (κ1) is 15.3. The molecule has 0 aliphatic carbocycles. The maximum absolute atomic E-state index is 13.7. The zero-order valence-electron chi connectivity index (χ0n) is 12.2. The number of hydrogen-bond donors (Lipinski definition) is 2. The van der Waals surface area contributed by atoms with Gasteiger partial charge in [-0.25, -0.2) is 4.39 Å². The number of ether oxygens (including phenoxy) is 1. The minimum atomic E-state index is -0.400. The molecular formula is C15H23FN2OS. The fourth-order valence-electron chi connectivity index (χ4n) is 2.30. The number of nitrogens with one attached hydrogen (secondary N) is 1. The van der Waals surface area contributed by atoms with Crippen LogP contribution in [0.5, 0.6) is 5.75 Å². The van der Waals surface area contributed by atoms with E-state index < -0.39 is 5.82 Å². The van der Waals surface area contributed by atoms with E-state index in [9.17, 15) is 4.39 Å². The summed E-state index contributed by atoms with van der Waals surface area (Å²) in [6, 6.07) is 3.00. The zero-order valence-corrected chi connectivity index (χ0v) is 13.0. The summed E-state index contributed by atoms with van der Waals surface area (Å²) in [6.45, 7) is 5.59. The average Bonchev–Trinajstić information content (AvgIpc) is 2.84. The standard InChI is InChI=1S/C15H23FN2OS/c1-3-6-19-14-9-13(12(17)8-11(14)16)18-10-15(2)5-4-7-20-15/h8-9,18H,3-7,10,17H2,1-2H3. The molecule has 1 aromatic carbocycles. The molecule has 1 aromatic rings. The third-order valence-corrected chi connectivity index (χ3v) is 5.06. The van der Waals surface area contributed by atoms with Crippen molar-refractivity contribution in [3.63, 3.8) is 0 Å². The van der Waals surface area contributed by atoms with E-state index in [1.54, 1.807) is 6.07 Å². The van der Waals surface area contributed by atoms with Crippen LogP contribution in [0.1, 0.15) is 33.1 Å². The molecule has 1 aliphatic heterocycles. The van der Waals surface area contributed by atoms with Gasteiger partial charge in [-0.3, -0.25) is 0 Å². The molecule has 0 spiro atoms. The second kappa shape index (κ2) is 6.57. The lowest BCUT2D eigenvalue weighted by molar-refractivity contribution is 0.301. The van der Waals surface area contributed by atoms with Crippen LogP contribution in [0.3, 0.4) is 0 Å². The molecule has 0 bridgehead atoms. The predicted octanol–water partition coefficient (Wildman–Crippen LogP) is 3.89. The van der Waals surface area contributed by atoms with Gasteiger partial charge in [0.25, 0.3) is 0 Å². The summed E-state index contributed by atoms with van der Waals surface area (Å²) in [5.74, 6) is 1.08. The van der Waals surface area contributed by atoms with E-state index in [0.717, 1.165) is 18.7 Å². The molecule has 3 nitrogen and oxygen atoms in total. The Kier molecular flexibility index (Phi) is 5.02. The highest BCUT2D eigenvalue weighted by atomic mass is 32.2. The quantitative estimate of drug-likeness (QED) is 0.782. The Hall–Kier alpha value is -1.10. The first-order chi connectivity index (χ1) is 9.54. The van der Waals surface area contributed by atoms with Crippen molar-refractivity contribution >= 4 is 23.1 Å². The lowest BCUT2D eigenvalue weighted by Crippen LogP contribution is -2.27. The molecule has 5 heteroatoms. The van der Waals surface area contributed by atoms with Gasteiger partial charge < -0.3 is 15.8 Å². The van der Waals surface area contributed by atoms with Crippen molar-refractivity contribution in [1.29, 1.82) is 0 Å². The molecule has 1 unspecified atom stereocenters. The number of nitrogens with two attached hydrogens (primary N) is 1. The van der Waals surface area contributed by atoms with Crippen LogP contribution >= 0.6 is 11.8 Å². The number of thioether (sulfide) groups is 1. The topological polar surface area (TPSA) is 47.3 Å². The summed E-state index contributed by atoms with van der Waals surface area (Å²) in [7, 11) is 0. The molecule has 0 radical (unpaired) electrons. The Balaban J connectivity index is 2.06. The van der Waals surface area contributed by atoms with E-state index in [1.165, 1.54) is 24.7 Å². The van der Waals surface area contributed by atoms with Gasteiger partial charge in [-0.1, -0.05) is 6.92 Å². The van der Waals surface area contributed by atoms with Gasteiger partial charge in [-0.2, -0.15) is 11.8 Å². The Morgan fingerprint density at radius 3 is 2.95 bits per heavy atom. The monoisotopic (exact) mass is 298 g/mol. The van der Waals surface area contributed by atoms with E-state index in [0.29, 0.717) is 12.3 Å². The van der Waals surface area contributed by atoms with Crippen molar-refractivity contribution in [2.45, 2.75) is 37.9 Å². The molecule has 1 aliphatic rings. The van der Waals surface area contributed by atoms with Crippen LogP contribution in [0.15, 0.2) is 12.1 Å². The van der Waals surface area contributed by atoms with Gasteiger partial charge in [0.05, 0.1) is 18.0 Å². The van der Waals surface area contributed by atoms with Gasteiger partial charge in [-0.15, -0.1) is 0 Å². The minimum absolute atomic E-state index is 0.241. The van der Waals surface area contributed by atoms with Gasteiger partial charge in [0.2, 0.25) is 0 Å². The fourth-order valence-corrected chi connectivity index (χ4v) is 3.55. The van der Waals surface area contributed by atoms with E-state index in [-0.39, 0.29) is 10.5 Å². The van der Waals surface area contributed by atoms with Gasteiger partial charge in [0, 0.05) is 23.4 Å². The molecule has 1 heterocycles. The molecule has 1 fully saturated rings. The molecule has 3 N–H and O–H groups in total. The smallest absolute Gasteiger partial charge is 0.167 e. The lowest BCUT2D eigenvalue weighted by Gasteiger charge is -2.24. The van der Waals surface area contributed by atoms with E-state index in [4.69, 9.17) is 10.5 Å². The highest BCUT2D eigenvalue weighted by molar-refractivity contribution is 8.00. The van der Waals surface area contributed by atoms with Crippen LogP contribution < -0.4 is 15.8 Å². The SMILES string of the molecule is CCCOc1cc(NCC2(C)CCCS2)c(N)cc1F. The highest BCUT2D eigenvalue weighted by Gasteiger charge is 2.29. The van der Waals surface area contributed by atoms with E-state index in [1.807, 2.05) is 18.7 Å². The summed E-state index contributed by atoms with van der Waals surface area (Å²) in [5.41, 5.74) is 7.07. The lowest BCUT2D eigenvalue weighted by atomic mass is 10.1. The van der Waals surface area contributed by atoms with Crippen LogP contribution in [0.4, 0.5) is 15.8 Å². The molecular weight excluding hydrogens is 275 g/mol. The number of anilines is 2. The number of rotatable bonds is 6. The van der Waals surface area contributed by atoms with Gasteiger partial charge in [0.15, 0.2) is 11.6 Å². The second-order valence-electron chi connectivity index (χ2n) is 5.47. The summed E-state index contributed by atoms with van der Waals surface area (Å²) in [4.78, 5) is 0. The third-order valence-electron chi connectivity index (χ3n) is 3.52. The van der Waals surface area contributed by atoms with Crippen LogP contribution in [-0.4, -0.2) is 23.7 Å². The minimum Gasteiger partial charge on any atom is -0.490 e. The fraction of sp³-hybridized carbons (Fsp3) is 0.600. The molecule has 0 amide bonds. The average molecular weight is 298 g/mol. The summed E-state index contributed by atoms with van der Waals surface area (Å²) in [5, 5.41) is 3.35. The number of nitrogen functional groups attached to an aromatic ring is 1. The summed E-state index contributed by atoms with van der Waals surface area (Å²) in [6.07, 6.45) is 3.30. The molecule has 112 valence electrons. The maximum atomic E-state index is 13.7. The van der Waals surface area contributed by atoms with E-state index in [2.05, 4.69) is 12.2 Å². The van der Waals surface area contributed by atoms with Crippen LogP contribution in [-0.2, 0) is 0 Å². The normalized spacial score (nSPS) is 21.9. The number of hydrogen-bond acceptors (Lipinski definition) is 4. The van der Waals surface area contributed by atoms with Crippen molar-refractivity contribution < 1.29 is 9.13 Å². The Bertz CT molecular complexity index is 461. The largest absolute Gasteiger partial charge is 0.490 e. The van der Waals surface area contributed by atoms with Gasteiger partial charge in [-0.05, 0) is 31.9 Å². The first-order valence-electron chi connectivity index (χ1n) is 7.14. The molecule has 0 aromatic heterocycles. The first-order valence-corrected chi connectivity index (χ1v) is 8.12. The maximum Gasteiger partial charge on any atom is 0.167 e. The van der Waals surface area contributed by atoms with Gasteiger partial charge in [0.1, 0.15) is 0 Å². The van der Waals surface area contributed by atoms with Crippen LogP contribution in [0.2, 0.25) is 0 Å². The highest BCUT2D eigenvalue weighted by Crippen LogP contribution is 2.38. The molecule has 0 saturated carbocycles. The number of benzene rings is 1. The van der Waals surface area contributed by atoms with Crippen molar-refractivity contribution in [1.82, 2.24) is 0 Å². The van der Waals surface area contributed by atoms with Crippen LogP contribution in [0.25, 0.3) is 0 Å². The van der Waals surface area contributed by atoms with Crippen molar-refractivity contribution in [3.05, 3.63) is 17.9 Å². The molecule has 2 rings (SSSR count). The van der Waals surface area contributed by atoms with Gasteiger partial charge >= 0.3 is 0 Å². The van der Waals surface area contributed by atoms with Crippen molar-refractivity contribution in [3.8, 4) is 5.75 Å².